The van der Waals surface area contributed by atoms with Crippen molar-refractivity contribution < 1.29 is 43.0 Å². The lowest BCUT2D eigenvalue weighted by Gasteiger charge is -2.16. The van der Waals surface area contributed by atoms with Crippen LogP contribution in [0.15, 0.2) is 16.7 Å². The summed E-state index contributed by atoms with van der Waals surface area (Å²) in [7, 11) is 2.58. The fraction of sp³-hybridized carbons (Fsp3) is 0.267. The van der Waals surface area contributed by atoms with Crippen molar-refractivity contribution in [3.63, 3.8) is 0 Å². The number of benzene rings is 1. The Morgan fingerprint density at radius 2 is 1.76 bits per heavy atom. The van der Waals surface area contributed by atoms with Gasteiger partial charge in [-0.05, 0) is 6.07 Å². The summed E-state index contributed by atoms with van der Waals surface area (Å²) < 4.78 is 20.4. The lowest BCUT2D eigenvalue weighted by molar-refractivity contribution is -0.174. The van der Waals surface area contributed by atoms with E-state index in [1.54, 1.807) is 0 Å². The van der Waals surface area contributed by atoms with Gasteiger partial charge in [0.1, 0.15) is 0 Å². The Morgan fingerprint density at radius 3 is 2.36 bits per heavy atom. The van der Waals surface area contributed by atoms with Crippen molar-refractivity contribution in [1.82, 2.24) is 5.06 Å². The molecule has 1 aliphatic heterocycles. The lowest BCUT2D eigenvalue weighted by Crippen LogP contribution is -2.33. The Balaban J connectivity index is 1.95. The minimum atomic E-state index is -1.40. The second-order valence-electron chi connectivity index (χ2n) is 4.93. The van der Waals surface area contributed by atoms with Crippen LogP contribution >= 0.6 is 0 Å². The summed E-state index contributed by atoms with van der Waals surface area (Å²) in [6.07, 6.45) is -0.189. The van der Waals surface area contributed by atoms with Gasteiger partial charge in [-0.15, -0.1) is 0 Å². The predicted octanol–water partition coefficient (Wildman–Crippen LogP) is 1.73. The molecule has 0 radical (unpaired) electrons. The van der Waals surface area contributed by atoms with Gasteiger partial charge in [0.2, 0.25) is 17.2 Å². The number of rotatable bonds is 4. The first-order valence-electron chi connectivity index (χ1n) is 7.07. The Kier molecular flexibility index (Phi) is 4.09. The highest BCUT2D eigenvalue weighted by molar-refractivity contribution is 6.01. The molecule has 2 heterocycles. The molecular weight excluding hydrogens is 338 g/mol. The number of carbonyl (C=O) groups is 3. The third-order valence-corrected chi connectivity index (χ3v) is 3.52. The number of furan rings is 1. The standard InChI is InChI=1S/C15H13NO9/c1-21-11-7-5-6-23-12(7)13(22-2)10(19)14(11)24-15(20)25-16-8(17)3-4-9(16)18/h5-6,19H,3-4H2,1-2H3. The fourth-order valence-corrected chi connectivity index (χ4v) is 2.43. The van der Waals surface area contributed by atoms with Crippen LogP contribution in [-0.2, 0) is 14.4 Å². The Morgan fingerprint density at radius 1 is 1.12 bits per heavy atom. The molecule has 0 bridgehead atoms. The van der Waals surface area contributed by atoms with Crippen molar-refractivity contribution >= 4 is 28.9 Å². The first kappa shape index (κ1) is 16.4. The zero-order chi connectivity index (χ0) is 18.1. The van der Waals surface area contributed by atoms with Gasteiger partial charge in [-0.3, -0.25) is 14.4 Å². The van der Waals surface area contributed by atoms with Crippen LogP contribution in [0.4, 0.5) is 4.79 Å². The van der Waals surface area contributed by atoms with E-state index >= 15 is 0 Å². The molecule has 3 rings (SSSR count). The normalized spacial score (nSPS) is 14.1. The second-order valence-corrected chi connectivity index (χ2v) is 4.93. The molecule has 1 aromatic heterocycles. The smallest absolute Gasteiger partial charge is 0.501 e. The van der Waals surface area contributed by atoms with Gasteiger partial charge >= 0.3 is 6.16 Å². The first-order valence-corrected chi connectivity index (χ1v) is 7.07. The number of phenols is 1. The van der Waals surface area contributed by atoms with Crippen molar-refractivity contribution in [2.45, 2.75) is 12.8 Å². The molecule has 0 spiro atoms. The summed E-state index contributed by atoms with van der Waals surface area (Å²) in [4.78, 5) is 39.5. The maximum absolute atomic E-state index is 11.9. The third-order valence-electron chi connectivity index (χ3n) is 3.52. The quantitative estimate of drug-likeness (QED) is 0.498. The summed E-state index contributed by atoms with van der Waals surface area (Å²) in [6, 6.07) is 1.52. The molecule has 1 aromatic carbocycles. The summed E-state index contributed by atoms with van der Waals surface area (Å²) in [5, 5.41) is 11.0. The molecule has 2 aromatic rings. The molecule has 0 unspecified atom stereocenters. The number of aromatic hydroxyl groups is 1. The summed E-state index contributed by atoms with van der Waals surface area (Å²) in [5.74, 6) is -2.41. The minimum absolute atomic E-state index is 0.0157. The van der Waals surface area contributed by atoms with Crippen LogP contribution in [0.25, 0.3) is 11.0 Å². The molecule has 25 heavy (non-hydrogen) atoms. The number of carbonyl (C=O) groups excluding carboxylic acids is 3. The van der Waals surface area contributed by atoms with E-state index in [0.717, 1.165) is 0 Å². The predicted molar refractivity (Wildman–Crippen MR) is 79.2 cm³/mol. The van der Waals surface area contributed by atoms with Crippen molar-refractivity contribution in [3.8, 4) is 23.0 Å². The molecule has 132 valence electrons. The molecule has 0 saturated carbocycles. The molecule has 1 N–H and O–H groups in total. The highest BCUT2D eigenvalue weighted by atomic mass is 16.8. The van der Waals surface area contributed by atoms with E-state index in [1.807, 2.05) is 0 Å². The largest absolute Gasteiger partial charge is 0.539 e. The van der Waals surface area contributed by atoms with E-state index in [1.165, 1.54) is 26.5 Å². The summed E-state index contributed by atoms with van der Waals surface area (Å²) in [5.41, 5.74) is 0.183. The Hall–Kier alpha value is -3.43. The molecular formula is C15H13NO9. The molecule has 0 atom stereocenters. The number of phenolic OH excluding ortho intramolecular Hbond substituents is 1. The molecule has 0 aliphatic carbocycles. The van der Waals surface area contributed by atoms with Crippen LogP contribution in [0.3, 0.4) is 0 Å². The van der Waals surface area contributed by atoms with Crippen molar-refractivity contribution in [3.05, 3.63) is 12.3 Å². The number of fused-ring (bicyclic) bond motifs is 1. The van der Waals surface area contributed by atoms with Crippen molar-refractivity contribution in [2.75, 3.05) is 14.2 Å². The number of hydroxylamine groups is 2. The minimum Gasteiger partial charge on any atom is -0.501 e. The van der Waals surface area contributed by atoms with Crippen LogP contribution in [0, 0.1) is 0 Å². The molecule has 1 aliphatic rings. The number of imide groups is 1. The van der Waals surface area contributed by atoms with Crippen LogP contribution in [0.5, 0.6) is 23.0 Å². The lowest BCUT2D eigenvalue weighted by atomic mass is 10.2. The van der Waals surface area contributed by atoms with Crippen molar-refractivity contribution in [2.24, 2.45) is 0 Å². The molecule has 1 saturated heterocycles. The number of hydrogen-bond acceptors (Lipinski definition) is 9. The average molecular weight is 351 g/mol. The monoisotopic (exact) mass is 351 g/mol. The van der Waals surface area contributed by atoms with Crippen LogP contribution in [0.1, 0.15) is 12.8 Å². The first-order chi connectivity index (χ1) is 12.0. The third kappa shape index (κ3) is 2.67. The van der Waals surface area contributed by atoms with E-state index in [4.69, 9.17) is 18.6 Å². The topological polar surface area (TPSA) is 125 Å². The van der Waals surface area contributed by atoms with Gasteiger partial charge in [-0.1, -0.05) is 5.06 Å². The molecule has 10 heteroatoms. The van der Waals surface area contributed by atoms with E-state index < -0.39 is 29.5 Å². The SMILES string of the molecule is COc1c(OC(=O)ON2C(=O)CCC2=O)c(O)c(OC)c2occc12. The van der Waals surface area contributed by atoms with Gasteiger partial charge in [0.15, 0.2) is 11.3 Å². The van der Waals surface area contributed by atoms with Gasteiger partial charge in [0, 0.05) is 12.8 Å². The molecule has 10 nitrogen and oxygen atoms in total. The maximum atomic E-state index is 11.9. The van der Waals surface area contributed by atoms with E-state index in [9.17, 15) is 19.5 Å². The number of hydrogen-bond donors (Lipinski definition) is 1. The molecule has 1 fully saturated rings. The van der Waals surface area contributed by atoms with Gasteiger partial charge in [-0.25, -0.2) is 4.79 Å². The van der Waals surface area contributed by atoms with Crippen LogP contribution in [-0.4, -0.2) is 42.4 Å². The summed E-state index contributed by atoms with van der Waals surface area (Å²) >= 11 is 0. The number of nitrogens with zero attached hydrogens (tertiary/aromatic N) is 1. The van der Waals surface area contributed by atoms with Gasteiger partial charge in [0.05, 0.1) is 25.9 Å². The van der Waals surface area contributed by atoms with E-state index in [0.29, 0.717) is 10.4 Å². The average Bonchev–Trinajstić information content (AvgIpc) is 3.18. The number of amides is 2. The number of methoxy groups -OCH3 is 2. The molecule has 2 amide bonds. The number of ether oxygens (including phenoxy) is 3. The Labute approximate surface area is 140 Å². The Bertz CT molecular complexity index is 853. The zero-order valence-electron chi connectivity index (χ0n) is 13.2. The second kappa shape index (κ2) is 6.23. The maximum Gasteiger partial charge on any atom is 0.539 e. The van der Waals surface area contributed by atoms with E-state index in [-0.39, 0.29) is 29.9 Å². The summed E-state index contributed by atoms with van der Waals surface area (Å²) in [6.45, 7) is 0. The highest BCUT2D eigenvalue weighted by Crippen LogP contribution is 2.50. The van der Waals surface area contributed by atoms with Crippen LogP contribution in [0.2, 0.25) is 0 Å². The van der Waals surface area contributed by atoms with E-state index in [2.05, 4.69) is 4.84 Å². The van der Waals surface area contributed by atoms with Gasteiger partial charge in [0.25, 0.3) is 11.8 Å². The zero-order valence-corrected chi connectivity index (χ0v) is 13.2. The van der Waals surface area contributed by atoms with Crippen molar-refractivity contribution in [1.29, 1.82) is 0 Å². The van der Waals surface area contributed by atoms with Crippen LogP contribution < -0.4 is 14.2 Å². The highest BCUT2D eigenvalue weighted by Gasteiger charge is 2.34. The van der Waals surface area contributed by atoms with Gasteiger partial charge < -0.3 is 23.7 Å². The van der Waals surface area contributed by atoms with Gasteiger partial charge in [-0.2, -0.15) is 0 Å². The fourth-order valence-electron chi connectivity index (χ4n) is 2.43.